The van der Waals surface area contributed by atoms with Crippen LogP contribution in [-0.2, 0) is 46.8 Å². The van der Waals surface area contributed by atoms with Gasteiger partial charge in [-0.3, -0.25) is 14.4 Å². The number of aryl methyl sites for hydroxylation is 1. The Morgan fingerprint density at radius 2 is 1.52 bits per heavy atom. The highest BCUT2D eigenvalue weighted by Gasteiger charge is 2.39. The third kappa shape index (κ3) is 7.79. The standard InChI is InChI=1S/C41H45N3O4/c1-3-28(2)39(45)43-37(24-29-20-22-34(23-21-29)48-27-30-12-5-4-6-13-30)41(47)44-26-33-16-8-7-15-32(33)25-38(44)40(46)42-36-19-11-17-31-14-9-10-18-35(31)36/h4-10,12-16,18,20-23,28,36-38H,3,11,17,19,24-27H2,1-2H3,(H,42,46)(H,43,45)/t28-,36-,37+,38?/m1/s1. The van der Waals surface area contributed by atoms with Gasteiger partial charge in [0.1, 0.15) is 24.4 Å². The number of benzene rings is 4. The predicted octanol–water partition coefficient (Wildman–Crippen LogP) is 6.49. The molecule has 4 aromatic carbocycles. The third-order valence-corrected chi connectivity index (χ3v) is 9.81. The molecule has 2 N–H and O–H groups in total. The number of hydrogen-bond donors (Lipinski definition) is 2. The van der Waals surface area contributed by atoms with Gasteiger partial charge in [-0.25, -0.2) is 0 Å². The lowest BCUT2D eigenvalue weighted by Crippen LogP contribution is -2.58. The Kier molecular flexibility index (Phi) is 10.5. The maximum absolute atomic E-state index is 14.6. The first kappa shape index (κ1) is 33.0. The molecule has 4 aromatic rings. The highest BCUT2D eigenvalue weighted by Crippen LogP contribution is 2.31. The van der Waals surface area contributed by atoms with E-state index in [-0.39, 0.29) is 29.7 Å². The normalized spacial score (nSPS) is 18.1. The molecule has 0 fully saturated rings. The third-order valence-electron chi connectivity index (χ3n) is 9.81. The predicted molar refractivity (Wildman–Crippen MR) is 187 cm³/mol. The molecule has 0 spiro atoms. The van der Waals surface area contributed by atoms with Crippen LogP contribution < -0.4 is 15.4 Å². The van der Waals surface area contributed by atoms with E-state index in [1.807, 2.05) is 105 Å². The molecule has 1 aliphatic carbocycles. The Morgan fingerprint density at radius 3 is 2.27 bits per heavy atom. The van der Waals surface area contributed by atoms with E-state index in [0.29, 0.717) is 32.4 Å². The molecule has 4 atom stereocenters. The fourth-order valence-corrected chi connectivity index (χ4v) is 6.76. The molecule has 0 saturated carbocycles. The van der Waals surface area contributed by atoms with Gasteiger partial charge in [0, 0.05) is 25.3 Å². The molecule has 2 aliphatic rings. The van der Waals surface area contributed by atoms with E-state index in [1.54, 1.807) is 4.90 Å². The number of carbonyl (C=O) groups is 3. The zero-order valence-corrected chi connectivity index (χ0v) is 27.9. The minimum Gasteiger partial charge on any atom is -0.489 e. The fraction of sp³-hybridized carbons (Fsp3) is 0.341. The Labute approximate surface area is 283 Å². The zero-order chi connectivity index (χ0) is 33.5. The van der Waals surface area contributed by atoms with Gasteiger partial charge in [-0.15, -0.1) is 0 Å². The number of nitrogens with one attached hydrogen (secondary N) is 2. The number of carbonyl (C=O) groups excluding carboxylic acids is 3. The molecule has 48 heavy (non-hydrogen) atoms. The fourth-order valence-electron chi connectivity index (χ4n) is 6.76. The van der Waals surface area contributed by atoms with Crippen molar-refractivity contribution in [2.24, 2.45) is 5.92 Å². The summed E-state index contributed by atoms with van der Waals surface area (Å²) in [4.78, 5) is 43.7. The van der Waals surface area contributed by atoms with Crippen molar-refractivity contribution in [2.45, 2.75) is 83.6 Å². The summed E-state index contributed by atoms with van der Waals surface area (Å²) in [5.74, 6) is -0.110. The number of ether oxygens (including phenoxy) is 1. The molecule has 0 bridgehead atoms. The van der Waals surface area contributed by atoms with E-state index >= 15 is 0 Å². The summed E-state index contributed by atoms with van der Waals surface area (Å²) in [5, 5.41) is 6.37. The van der Waals surface area contributed by atoms with Gasteiger partial charge in [0.15, 0.2) is 0 Å². The van der Waals surface area contributed by atoms with Crippen molar-refractivity contribution >= 4 is 17.7 Å². The molecule has 0 aromatic heterocycles. The Balaban J connectivity index is 1.23. The van der Waals surface area contributed by atoms with Crippen LogP contribution in [0.1, 0.15) is 72.5 Å². The molecule has 7 heteroatoms. The highest BCUT2D eigenvalue weighted by molar-refractivity contribution is 5.93. The molecule has 0 saturated heterocycles. The summed E-state index contributed by atoms with van der Waals surface area (Å²) in [5.41, 5.74) is 6.47. The van der Waals surface area contributed by atoms with Gasteiger partial charge in [0.25, 0.3) is 0 Å². The van der Waals surface area contributed by atoms with Gasteiger partial charge in [-0.2, -0.15) is 0 Å². The highest BCUT2D eigenvalue weighted by atomic mass is 16.5. The SMILES string of the molecule is CC[C@@H](C)C(=O)N[C@@H](Cc1ccc(OCc2ccccc2)cc1)C(=O)N1Cc2ccccc2CC1C(=O)N[C@@H]1CCCc2ccccc21. The van der Waals surface area contributed by atoms with Gasteiger partial charge in [-0.05, 0) is 71.2 Å². The van der Waals surface area contributed by atoms with Crippen LogP contribution in [0.15, 0.2) is 103 Å². The molecule has 0 radical (unpaired) electrons. The second-order valence-electron chi connectivity index (χ2n) is 13.1. The summed E-state index contributed by atoms with van der Waals surface area (Å²) in [6.07, 6.45) is 4.23. The van der Waals surface area contributed by atoms with Crippen LogP contribution in [0, 0.1) is 5.92 Å². The minimum atomic E-state index is -0.835. The van der Waals surface area contributed by atoms with Crippen LogP contribution in [0.4, 0.5) is 0 Å². The van der Waals surface area contributed by atoms with Gasteiger partial charge in [0.05, 0.1) is 6.04 Å². The number of rotatable bonds is 11. The van der Waals surface area contributed by atoms with E-state index in [2.05, 4.69) is 22.8 Å². The first-order chi connectivity index (χ1) is 23.4. The maximum Gasteiger partial charge on any atom is 0.246 e. The molecule has 3 amide bonds. The van der Waals surface area contributed by atoms with E-state index in [9.17, 15) is 14.4 Å². The quantitative estimate of drug-likeness (QED) is 0.196. The smallest absolute Gasteiger partial charge is 0.246 e. The van der Waals surface area contributed by atoms with Gasteiger partial charge in [0.2, 0.25) is 17.7 Å². The first-order valence-corrected chi connectivity index (χ1v) is 17.2. The van der Waals surface area contributed by atoms with Crippen molar-refractivity contribution in [3.05, 3.63) is 137 Å². The maximum atomic E-state index is 14.6. The van der Waals surface area contributed by atoms with Crippen molar-refractivity contribution in [3.8, 4) is 5.75 Å². The summed E-state index contributed by atoms with van der Waals surface area (Å²) < 4.78 is 5.97. The number of hydrogen-bond acceptors (Lipinski definition) is 4. The van der Waals surface area contributed by atoms with Crippen LogP contribution in [0.5, 0.6) is 5.75 Å². The second kappa shape index (κ2) is 15.3. The lowest BCUT2D eigenvalue weighted by atomic mass is 9.87. The largest absolute Gasteiger partial charge is 0.489 e. The minimum absolute atomic E-state index is 0.0971. The lowest BCUT2D eigenvalue weighted by molar-refractivity contribution is -0.145. The summed E-state index contributed by atoms with van der Waals surface area (Å²) in [6.45, 7) is 4.58. The van der Waals surface area contributed by atoms with Crippen molar-refractivity contribution < 1.29 is 19.1 Å². The molecular formula is C41H45N3O4. The number of nitrogens with zero attached hydrogens (tertiary/aromatic N) is 1. The molecule has 1 aliphatic heterocycles. The van der Waals surface area contributed by atoms with Crippen LogP contribution >= 0.6 is 0 Å². The van der Waals surface area contributed by atoms with Crippen molar-refractivity contribution in [2.75, 3.05) is 0 Å². The van der Waals surface area contributed by atoms with Crippen molar-refractivity contribution in [3.63, 3.8) is 0 Å². The molecular weight excluding hydrogens is 598 g/mol. The van der Waals surface area contributed by atoms with Gasteiger partial charge >= 0.3 is 0 Å². The average molecular weight is 644 g/mol. The van der Waals surface area contributed by atoms with E-state index in [1.165, 1.54) is 5.56 Å². The molecule has 6 rings (SSSR count). The lowest BCUT2D eigenvalue weighted by Gasteiger charge is -2.39. The summed E-state index contributed by atoms with van der Waals surface area (Å²) in [7, 11) is 0. The zero-order valence-electron chi connectivity index (χ0n) is 27.9. The van der Waals surface area contributed by atoms with Crippen LogP contribution in [0.2, 0.25) is 0 Å². The van der Waals surface area contributed by atoms with E-state index in [0.717, 1.165) is 52.8 Å². The van der Waals surface area contributed by atoms with Crippen molar-refractivity contribution in [1.29, 1.82) is 0 Å². The first-order valence-electron chi connectivity index (χ1n) is 17.2. The monoisotopic (exact) mass is 643 g/mol. The van der Waals surface area contributed by atoms with E-state index < -0.39 is 12.1 Å². The molecule has 7 nitrogen and oxygen atoms in total. The topological polar surface area (TPSA) is 87.7 Å². The molecule has 248 valence electrons. The van der Waals surface area contributed by atoms with Crippen LogP contribution in [0.3, 0.4) is 0 Å². The Morgan fingerprint density at radius 1 is 0.833 bits per heavy atom. The van der Waals surface area contributed by atoms with Crippen LogP contribution in [0.25, 0.3) is 0 Å². The Hall–Kier alpha value is -4.91. The number of fused-ring (bicyclic) bond motifs is 2. The summed E-state index contributed by atoms with van der Waals surface area (Å²) >= 11 is 0. The van der Waals surface area contributed by atoms with Crippen LogP contribution in [-0.4, -0.2) is 34.7 Å². The average Bonchev–Trinajstić information content (AvgIpc) is 3.13. The van der Waals surface area contributed by atoms with E-state index in [4.69, 9.17) is 4.74 Å². The summed E-state index contributed by atoms with van der Waals surface area (Å²) in [6, 6.07) is 32.3. The Bertz CT molecular complexity index is 1720. The van der Waals surface area contributed by atoms with Gasteiger partial charge < -0.3 is 20.3 Å². The second-order valence-corrected chi connectivity index (χ2v) is 13.1. The van der Waals surface area contributed by atoms with Crippen molar-refractivity contribution in [1.82, 2.24) is 15.5 Å². The molecule has 1 unspecified atom stereocenters. The number of amides is 3. The van der Waals surface area contributed by atoms with Gasteiger partial charge in [-0.1, -0.05) is 105 Å². The molecule has 1 heterocycles.